The van der Waals surface area contributed by atoms with E-state index in [2.05, 4.69) is 15.5 Å². The number of rotatable bonds is 6. The second kappa shape index (κ2) is 8.16. The molecule has 0 spiro atoms. The van der Waals surface area contributed by atoms with Gasteiger partial charge in [0.2, 0.25) is 11.7 Å². The summed E-state index contributed by atoms with van der Waals surface area (Å²) in [4.78, 5) is 25.2. The topological polar surface area (TPSA) is 81.3 Å². The quantitative estimate of drug-likeness (QED) is 0.482. The van der Waals surface area contributed by atoms with Crippen molar-refractivity contribution in [2.75, 3.05) is 5.32 Å². The molecule has 1 N–H and O–H groups in total. The fourth-order valence-corrected chi connectivity index (χ4v) is 4.30. The normalized spacial score (nSPS) is 11.6. The summed E-state index contributed by atoms with van der Waals surface area (Å²) in [5, 5.41) is 13.0. The number of carbonyl (C=O) groups excluding carboxylic acids is 1. The summed E-state index contributed by atoms with van der Waals surface area (Å²) >= 11 is 7.13. The van der Waals surface area contributed by atoms with Crippen molar-refractivity contribution in [3.8, 4) is 0 Å². The van der Waals surface area contributed by atoms with E-state index in [4.69, 9.17) is 11.6 Å². The summed E-state index contributed by atoms with van der Waals surface area (Å²) in [6.07, 6.45) is 0.470. The summed E-state index contributed by atoms with van der Waals surface area (Å²) in [5.74, 6) is 0.527. The zero-order chi connectivity index (χ0) is 21.4. The number of benzene rings is 1. The maximum Gasteiger partial charge on any atom is 0.272 e. The third kappa shape index (κ3) is 3.82. The van der Waals surface area contributed by atoms with Crippen LogP contribution < -0.4 is 10.9 Å². The average molecular weight is 448 g/mol. The number of aryl methyl sites for hydroxylation is 1. The minimum Gasteiger partial charge on any atom is -0.326 e. The van der Waals surface area contributed by atoms with Crippen LogP contribution in [0.25, 0.3) is 16.0 Å². The average Bonchev–Trinajstić information content (AvgIpc) is 3.33. The SMILES string of the molecule is CC(C)Cn1c(=O)c2sccc2n2c(CCC(=O)Nc3ccc(F)c(Cl)c3)nnc12. The molecule has 0 unspecified atom stereocenters. The molecule has 30 heavy (non-hydrogen) atoms. The van der Waals surface area contributed by atoms with Crippen molar-refractivity contribution in [3.63, 3.8) is 0 Å². The largest absolute Gasteiger partial charge is 0.326 e. The molecule has 0 atom stereocenters. The van der Waals surface area contributed by atoms with Crippen LogP contribution in [0.1, 0.15) is 26.1 Å². The van der Waals surface area contributed by atoms with Gasteiger partial charge >= 0.3 is 0 Å². The molecule has 1 aromatic carbocycles. The number of carbonyl (C=O) groups is 1. The van der Waals surface area contributed by atoms with Crippen LogP contribution >= 0.6 is 22.9 Å². The molecule has 0 saturated heterocycles. The van der Waals surface area contributed by atoms with E-state index >= 15 is 0 Å². The van der Waals surface area contributed by atoms with Crippen LogP contribution in [0.15, 0.2) is 34.4 Å². The number of thiophene rings is 1. The summed E-state index contributed by atoms with van der Waals surface area (Å²) in [7, 11) is 0. The number of amides is 1. The van der Waals surface area contributed by atoms with Crippen molar-refractivity contribution < 1.29 is 9.18 Å². The first-order valence-corrected chi connectivity index (χ1v) is 10.7. The molecule has 4 rings (SSSR count). The third-order valence-electron chi connectivity index (χ3n) is 4.61. The number of hydrogen-bond acceptors (Lipinski definition) is 5. The van der Waals surface area contributed by atoms with Crippen molar-refractivity contribution in [1.29, 1.82) is 0 Å². The van der Waals surface area contributed by atoms with Crippen LogP contribution in [-0.2, 0) is 17.8 Å². The predicted octanol–water partition coefficient (Wildman–Crippen LogP) is 4.13. The zero-order valence-corrected chi connectivity index (χ0v) is 17.9. The number of nitrogens with zero attached hydrogens (tertiary/aromatic N) is 4. The standard InChI is InChI=1S/C20H19ClFN5O2S/c1-11(2)10-26-19(29)18-15(7-8-30-18)27-16(24-25-20(26)27)5-6-17(28)23-12-3-4-14(22)13(21)9-12/h3-4,7-9,11H,5-6,10H2,1-2H3,(H,23,28). The monoisotopic (exact) mass is 447 g/mol. The van der Waals surface area contributed by atoms with Crippen molar-refractivity contribution >= 4 is 50.5 Å². The molecule has 1 amide bonds. The van der Waals surface area contributed by atoms with Crippen LogP contribution in [0.5, 0.6) is 0 Å². The lowest BCUT2D eigenvalue weighted by Crippen LogP contribution is -2.24. The smallest absolute Gasteiger partial charge is 0.272 e. The highest BCUT2D eigenvalue weighted by atomic mass is 35.5. The Morgan fingerprint density at radius 3 is 2.83 bits per heavy atom. The second-order valence-electron chi connectivity index (χ2n) is 7.37. The molecule has 0 saturated carbocycles. The summed E-state index contributed by atoms with van der Waals surface area (Å²) in [5.41, 5.74) is 1.08. The third-order valence-corrected chi connectivity index (χ3v) is 5.79. The van der Waals surface area contributed by atoms with Gasteiger partial charge in [-0.25, -0.2) is 4.39 Å². The molecule has 0 aliphatic heterocycles. The maximum absolute atomic E-state index is 13.3. The number of hydrogen-bond donors (Lipinski definition) is 1. The lowest BCUT2D eigenvalue weighted by Gasteiger charge is -2.11. The molecule has 3 heterocycles. The molecular formula is C20H19ClFN5O2S. The molecule has 0 radical (unpaired) electrons. The highest BCUT2D eigenvalue weighted by molar-refractivity contribution is 7.17. The van der Waals surface area contributed by atoms with Crippen LogP contribution in [-0.4, -0.2) is 25.1 Å². The van der Waals surface area contributed by atoms with Gasteiger partial charge in [-0.1, -0.05) is 25.4 Å². The minimum atomic E-state index is -0.545. The van der Waals surface area contributed by atoms with Crippen LogP contribution in [0, 0.1) is 11.7 Å². The number of anilines is 1. The number of fused-ring (bicyclic) bond motifs is 3. The fraction of sp³-hybridized carbons (Fsp3) is 0.300. The van der Waals surface area contributed by atoms with Crippen molar-refractivity contribution in [2.24, 2.45) is 5.92 Å². The Kier molecular flexibility index (Phi) is 5.57. The lowest BCUT2D eigenvalue weighted by atomic mass is 10.2. The van der Waals surface area contributed by atoms with Gasteiger partial charge in [-0.3, -0.25) is 18.6 Å². The highest BCUT2D eigenvalue weighted by Gasteiger charge is 2.18. The molecule has 0 bridgehead atoms. The first-order chi connectivity index (χ1) is 14.3. The van der Waals surface area contributed by atoms with E-state index in [1.165, 1.54) is 29.5 Å². The predicted molar refractivity (Wildman–Crippen MR) is 116 cm³/mol. The molecule has 7 nitrogen and oxygen atoms in total. The van der Waals surface area contributed by atoms with Gasteiger partial charge < -0.3 is 5.32 Å². The molecule has 3 aromatic heterocycles. The summed E-state index contributed by atoms with van der Waals surface area (Å²) in [6.45, 7) is 4.59. The maximum atomic E-state index is 13.3. The van der Waals surface area contributed by atoms with Crippen molar-refractivity contribution in [3.05, 3.63) is 56.7 Å². The van der Waals surface area contributed by atoms with E-state index in [0.29, 0.717) is 35.0 Å². The summed E-state index contributed by atoms with van der Waals surface area (Å²) in [6, 6.07) is 5.87. The Balaban J connectivity index is 1.62. The van der Waals surface area contributed by atoms with Gasteiger partial charge in [0.1, 0.15) is 16.3 Å². The molecule has 0 fully saturated rings. The highest BCUT2D eigenvalue weighted by Crippen LogP contribution is 2.22. The van der Waals surface area contributed by atoms with E-state index in [1.54, 1.807) is 4.57 Å². The molecule has 156 valence electrons. The van der Waals surface area contributed by atoms with Gasteiger partial charge in [-0.15, -0.1) is 21.5 Å². The summed E-state index contributed by atoms with van der Waals surface area (Å²) < 4.78 is 17.4. The molecular weight excluding hydrogens is 429 g/mol. The van der Waals surface area contributed by atoms with Gasteiger partial charge in [0.05, 0.1) is 10.5 Å². The lowest BCUT2D eigenvalue weighted by molar-refractivity contribution is -0.116. The molecule has 0 aliphatic rings. The van der Waals surface area contributed by atoms with E-state index in [1.807, 2.05) is 29.7 Å². The first-order valence-electron chi connectivity index (χ1n) is 9.44. The molecule has 0 aliphatic carbocycles. The fourth-order valence-electron chi connectivity index (χ4n) is 3.30. The van der Waals surface area contributed by atoms with Gasteiger partial charge in [0.15, 0.2) is 0 Å². The van der Waals surface area contributed by atoms with E-state index in [9.17, 15) is 14.0 Å². The molecule has 4 aromatic rings. The van der Waals surface area contributed by atoms with Crippen LogP contribution in [0.2, 0.25) is 5.02 Å². The number of halogens is 2. The van der Waals surface area contributed by atoms with E-state index < -0.39 is 5.82 Å². The Bertz CT molecular complexity index is 1310. The Morgan fingerprint density at radius 1 is 1.30 bits per heavy atom. The zero-order valence-electron chi connectivity index (χ0n) is 16.4. The number of nitrogens with one attached hydrogen (secondary N) is 1. The van der Waals surface area contributed by atoms with Crippen LogP contribution in [0.3, 0.4) is 0 Å². The van der Waals surface area contributed by atoms with Gasteiger partial charge in [0.25, 0.3) is 5.56 Å². The van der Waals surface area contributed by atoms with Crippen molar-refractivity contribution in [2.45, 2.75) is 33.2 Å². The Labute approximate surface area is 180 Å². The van der Waals surface area contributed by atoms with E-state index in [0.717, 1.165) is 5.52 Å². The van der Waals surface area contributed by atoms with Crippen LogP contribution in [0.4, 0.5) is 10.1 Å². The molecule has 10 heteroatoms. The minimum absolute atomic E-state index is 0.0563. The van der Waals surface area contributed by atoms with Gasteiger partial charge in [-0.05, 0) is 35.6 Å². The van der Waals surface area contributed by atoms with Gasteiger partial charge in [0, 0.05) is 25.1 Å². The number of aromatic nitrogens is 4. The second-order valence-corrected chi connectivity index (χ2v) is 8.70. The Morgan fingerprint density at radius 2 is 2.10 bits per heavy atom. The Hall–Kier alpha value is -2.78. The first kappa shape index (κ1) is 20.5. The van der Waals surface area contributed by atoms with E-state index in [-0.39, 0.29) is 28.8 Å². The van der Waals surface area contributed by atoms with Gasteiger partial charge in [-0.2, -0.15) is 0 Å². The van der Waals surface area contributed by atoms with Crippen molar-refractivity contribution in [1.82, 2.24) is 19.2 Å².